The van der Waals surface area contributed by atoms with Crippen LogP contribution >= 0.6 is 0 Å². The fourth-order valence-corrected chi connectivity index (χ4v) is 8.00. The summed E-state index contributed by atoms with van der Waals surface area (Å²) < 4.78 is 16.5. The third-order valence-corrected chi connectivity index (χ3v) is 10.4. The highest BCUT2D eigenvalue weighted by atomic mass is 16.6. The van der Waals surface area contributed by atoms with Gasteiger partial charge in [-0.15, -0.1) is 0 Å². The first kappa shape index (κ1) is 35.4. The minimum Gasteiger partial charge on any atom is -0.507 e. The summed E-state index contributed by atoms with van der Waals surface area (Å²) in [7, 11) is 3.55. The molecule has 1 aliphatic heterocycles. The second-order valence-electron chi connectivity index (χ2n) is 12.9. The van der Waals surface area contributed by atoms with Crippen LogP contribution in [-0.4, -0.2) is 130 Å². The Labute approximate surface area is 284 Å². The number of aliphatic hydroxyl groups is 4. The number of ether oxygens (including phenoxy) is 3. The van der Waals surface area contributed by atoms with Crippen LogP contribution < -0.4 is 5.32 Å². The van der Waals surface area contributed by atoms with Crippen LogP contribution in [0.4, 0.5) is 0 Å². The number of amides is 1. The fraction of sp³-hybridized carbons (Fsp3) is 0.471. The number of rotatable bonds is 5. The predicted octanol–water partition coefficient (Wildman–Crippen LogP) is -0.726. The van der Waals surface area contributed by atoms with Crippen molar-refractivity contribution in [3.05, 3.63) is 56.6 Å². The summed E-state index contributed by atoms with van der Waals surface area (Å²) >= 11 is 0. The van der Waals surface area contributed by atoms with Gasteiger partial charge < -0.3 is 50.2 Å². The highest BCUT2D eigenvalue weighted by Gasteiger charge is 2.72. The number of carbonyl (C=O) groups is 5. The summed E-state index contributed by atoms with van der Waals surface area (Å²) in [6.45, 7) is 2.43. The van der Waals surface area contributed by atoms with Crippen molar-refractivity contribution in [3.8, 4) is 11.5 Å². The van der Waals surface area contributed by atoms with Crippen LogP contribution in [0.2, 0.25) is 0 Å². The number of carbonyl (C=O) groups excluding carboxylic acids is 5. The van der Waals surface area contributed by atoms with E-state index in [1.807, 2.05) is 0 Å². The van der Waals surface area contributed by atoms with Gasteiger partial charge in [-0.2, -0.15) is 0 Å². The van der Waals surface area contributed by atoms with Gasteiger partial charge in [-0.05, 0) is 31.0 Å². The number of benzene rings is 2. The smallest absolute Gasteiger partial charge is 0.255 e. The van der Waals surface area contributed by atoms with Gasteiger partial charge in [-0.25, -0.2) is 0 Å². The van der Waals surface area contributed by atoms with Crippen LogP contribution in [0.25, 0.3) is 0 Å². The Morgan fingerprint density at radius 1 is 1.06 bits per heavy atom. The molecule has 1 amide bonds. The Hall–Kier alpha value is -4.42. The monoisotopic (exact) mass is 696 g/mol. The molecule has 1 fully saturated rings. The number of aliphatic hydroxyl groups excluding tert-OH is 3. The lowest BCUT2D eigenvalue weighted by Gasteiger charge is -2.53. The number of hydrogen-bond donors (Lipinski definition) is 7. The number of aliphatic imine (C=N–C) groups is 1. The number of phenolic OH excluding ortho intramolecular Hbond substituents is 2. The van der Waals surface area contributed by atoms with Crippen LogP contribution in [0, 0.1) is 12.8 Å². The summed E-state index contributed by atoms with van der Waals surface area (Å²) in [5, 5.41) is 69.9. The molecule has 0 radical (unpaired) electrons. The molecule has 8 atom stereocenters. The molecule has 2 aromatic rings. The molecule has 16 nitrogen and oxygen atoms in total. The largest absolute Gasteiger partial charge is 0.507 e. The van der Waals surface area contributed by atoms with Crippen LogP contribution in [0.3, 0.4) is 0 Å². The van der Waals surface area contributed by atoms with Gasteiger partial charge in [-0.3, -0.25) is 29.0 Å². The third kappa shape index (κ3) is 4.43. The highest BCUT2D eigenvalue weighted by molar-refractivity contribution is 6.53. The molecule has 0 saturated carbocycles. The predicted molar refractivity (Wildman–Crippen MR) is 169 cm³/mol. The molecule has 266 valence electrons. The van der Waals surface area contributed by atoms with E-state index in [1.54, 1.807) is 6.92 Å². The van der Waals surface area contributed by atoms with Crippen molar-refractivity contribution < 1.29 is 68.8 Å². The van der Waals surface area contributed by atoms with Gasteiger partial charge in [0, 0.05) is 44.4 Å². The van der Waals surface area contributed by atoms with Crippen molar-refractivity contribution in [3.63, 3.8) is 0 Å². The second-order valence-corrected chi connectivity index (χ2v) is 12.9. The van der Waals surface area contributed by atoms with E-state index in [0.29, 0.717) is 0 Å². The van der Waals surface area contributed by atoms with Crippen LogP contribution in [0.1, 0.15) is 81.8 Å². The Kier molecular flexibility index (Phi) is 8.58. The molecule has 1 saturated heterocycles. The number of phenols is 2. The molecule has 6 rings (SSSR count). The number of hydrogen-bond acceptors (Lipinski definition) is 15. The molecule has 0 unspecified atom stereocenters. The number of aromatic hydroxyl groups is 2. The zero-order chi connectivity index (χ0) is 36.8. The van der Waals surface area contributed by atoms with Gasteiger partial charge in [0.25, 0.3) is 5.91 Å². The molecule has 2 aromatic carbocycles. The molecule has 1 heterocycles. The van der Waals surface area contributed by atoms with E-state index >= 15 is 0 Å². The Bertz CT molecular complexity index is 1920. The van der Waals surface area contributed by atoms with Crippen LogP contribution in [0.15, 0.2) is 17.1 Å². The van der Waals surface area contributed by atoms with E-state index in [9.17, 15) is 54.6 Å². The average Bonchev–Trinajstić information content (AvgIpc) is 3.05. The average molecular weight is 697 g/mol. The maximum Gasteiger partial charge on any atom is 0.255 e. The fourth-order valence-electron chi connectivity index (χ4n) is 8.00. The van der Waals surface area contributed by atoms with Gasteiger partial charge in [0.1, 0.15) is 17.6 Å². The van der Waals surface area contributed by atoms with Gasteiger partial charge in [-0.1, -0.05) is 6.07 Å². The van der Waals surface area contributed by atoms with E-state index in [2.05, 4.69) is 10.3 Å². The molecule has 3 aliphatic carbocycles. The number of aryl methyl sites for hydroxylation is 1. The number of nitrogens with one attached hydrogen (secondary N) is 1. The van der Waals surface area contributed by atoms with Gasteiger partial charge in [0.15, 0.2) is 23.2 Å². The van der Waals surface area contributed by atoms with Gasteiger partial charge in [0.05, 0.1) is 59.7 Å². The lowest BCUT2D eigenvalue weighted by molar-refractivity contribution is -0.206. The van der Waals surface area contributed by atoms with Crippen molar-refractivity contribution >= 4 is 34.8 Å². The molecule has 0 spiro atoms. The number of nitrogens with zero attached hydrogens (tertiary/aromatic N) is 1. The molecule has 7 N–H and O–H groups in total. The molecule has 16 heteroatoms. The van der Waals surface area contributed by atoms with E-state index in [4.69, 9.17) is 14.2 Å². The molecule has 4 aliphatic rings. The minimum absolute atomic E-state index is 0.0147. The van der Waals surface area contributed by atoms with E-state index in [-0.39, 0.29) is 16.7 Å². The third-order valence-electron chi connectivity index (χ3n) is 10.4. The van der Waals surface area contributed by atoms with E-state index in [1.165, 1.54) is 27.1 Å². The number of ketones is 4. The molecular formula is C34H36N2O14. The van der Waals surface area contributed by atoms with Gasteiger partial charge >= 0.3 is 0 Å². The zero-order valence-corrected chi connectivity index (χ0v) is 27.6. The second kappa shape index (κ2) is 12.1. The minimum atomic E-state index is -3.22. The topological polar surface area (TPSA) is 259 Å². The normalized spacial score (nSPS) is 32.7. The van der Waals surface area contributed by atoms with E-state index in [0.717, 1.165) is 13.2 Å². The molecule has 50 heavy (non-hydrogen) atoms. The van der Waals surface area contributed by atoms with Crippen molar-refractivity contribution in [2.45, 2.75) is 68.5 Å². The number of fused-ring (bicyclic) bond motifs is 5. The SMILES string of the molecule is CNC(=O)c1c(C)cc2c(c1O)[C@]1(O)C(=O)c3cc4c(c(O)c3C(=O)[C@]1(OC)[C@H](O)C2)C(=O)CC(=N[C@H]1O[C@@H](C)[C@H](OC)[C@@H](O)[C@H]1CO)C4=O. The summed E-state index contributed by atoms with van der Waals surface area (Å²) in [6, 6.07) is 2.20. The Balaban J connectivity index is 1.55. The molecule has 0 aromatic heterocycles. The molecular weight excluding hydrogens is 660 g/mol. The quantitative estimate of drug-likeness (QED) is 0.204. The first-order chi connectivity index (χ1) is 23.6. The summed E-state index contributed by atoms with van der Waals surface area (Å²) in [6.07, 6.45) is -7.22. The number of Topliss-reactive ketones (excluding diaryl/α,β-unsaturated/α-hetero) is 4. The summed E-state index contributed by atoms with van der Waals surface area (Å²) in [4.78, 5) is 73.5. The first-order valence-electron chi connectivity index (χ1n) is 15.7. The van der Waals surface area contributed by atoms with Crippen molar-refractivity contribution in [2.24, 2.45) is 10.9 Å². The Morgan fingerprint density at radius 2 is 1.74 bits per heavy atom. The molecule has 0 bridgehead atoms. The summed E-state index contributed by atoms with van der Waals surface area (Å²) in [5.41, 5.74) is -9.89. The maximum absolute atomic E-state index is 14.6. The summed E-state index contributed by atoms with van der Waals surface area (Å²) in [5.74, 6) is -8.35. The highest BCUT2D eigenvalue weighted by Crippen LogP contribution is 2.56. The maximum atomic E-state index is 14.6. The van der Waals surface area contributed by atoms with Crippen LogP contribution in [0.5, 0.6) is 11.5 Å². The van der Waals surface area contributed by atoms with Crippen molar-refractivity contribution in [1.82, 2.24) is 5.32 Å². The van der Waals surface area contributed by atoms with Crippen molar-refractivity contribution in [2.75, 3.05) is 27.9 Å². The first-order valence-corrected chi connectivity index (χ1v) is 15.7. The lowest BCUT2D eigenvalue weighted by Crippen LogP contribution is -2.73. The Morgan fingerprint density at radius 3 is 2.34 bits per heavy atom. The number of methoxy groups -OCH3 is 2. The lowest BCUT2D eigenvalue weighted by atomic mass is 9.56. The van der Waals surface area contributed by atoms with E-state index < -0.39 is 141 Å². The zero-order valence-electron chi connectivity index (χ0n) is 27.6. The van der Waals surface area contributed by atoms with Gasteiger partial charge in [0.2, 0.25) is 17.3 Å². The van der Waals surface area contributed by atoms with Crippen molar-refractivity contribution in [1.29, 1.82) is 0 Å². The standard InChI is InChI=1S/C34H36N2O14/c1-11-6-13-7-19(39)34(49-5)30(45)22-15(29(44)33(34,47)23(13)27(43)20(11)31(46)35-3)8-14-21(26(22)42)18(38)9-17(24(14)40)36-32-16(10-37)25(41)28(48-4)12(2)50-32/h6,8,12,16,19,25,28,32,37,39,41-43,47H,7,9-10H2,1-5H3,(H,35,46)/t12-,16+,19+,25-,28-,32-,33-,34+/m0/s1. The van der Waals surface area contributed by atoms with Crippen LogP contribution in [-0.2, 0) is 26.2 Å².